The fourth-order valence-corrected chi connectivity index (χ4v) is 1.34. The van der Waals surface area contributed by atoms with E-state index in [-0.39, 0.29) is 18.1 Å². The standard InChI is InChI=1S/C11H12ClNO2/c1-8(14)6-11(15)13(2)10-5-3-4-9(12)7-10/h3-5,7H,6H2,1-2H3. The molecule has 0 aliphatic carbocycles. The number of nitrogens with zero attached hydrogens (tertiary/aromatic N) is 1. The Kier molecular flexibility index (Phi) is 3.86. The molecule has 0 bridgehead atoms. The first-order chi connectivity index (χ1) is 7.00. The van der Waals surface area contributed by atoms with Gasteiger partial charge in [-0.05, 0) is 25.1 Å². The molecule has 0 unspecified atom stereocenters. The van der Waals surface area contributed by atoms with E-state index >= 15 is 0 Å². The molecule has 1 rings (SSSR count). The maximum atomic E-state index is 11.5. The molecular weight excluding hydrogens is 214 g/mol. The Bertz CT molecular complexity index is 390. The number of anilines is 1. The fraction of sp³-hybridized carbons (Fsp3) is 0.273. The molecule has 1 aromatic carbocycles. The molecule has 0 atom stereocenters. The third-order valence-electron chi connectivity index (χ3n) is 1.97. The summed E-state index contributed by atoms with van der Waals surface area (Å²) in [4.78, 5) is 23.7. The topological polar surface area (TPSA) is 37.4 Å². The Morgan fingerprint density at radius 1 is 1.40 bits per heavy atom. The predicted octanol–water partition coefficient (Wildman–Crippen LogP) is 2.28. The van der Waals surface area contributed by atoms with Gasteiger partial charge in [-0.15, -0.1) is 0 Å². The summed E-state index contributed by atoms with van der Waals surface area (Å²) < 4.78 is 0. The lowest BCUT2D eigenvalue weighted by molar-refractivity contribution is -0.125. The molecule has 0 aliphatic rings. The highest BCUT2D eigenvalue weighted by molar-refractivity contribution is 6.30. The molecular formula is C11H12ClNO2. The molecule has 0 spiro atoms. The minimum absolute atomic E-state index is 0.0803. The van der Waals surface area contributed by atoms with Crippen molar-refractivity contribution in [3.63, 3.8) is 0 Å². The Morgan fingerprint density at radius 3 is 2.60 bits per heavy atom. The van der Waals surface area contributed by atoms with Crippen molar-refractivity contribution in [2.75, 3.05) is 11.9 Å². The number of benzene rings is 1. The van der Waals surface area contributed by atoms with Gasteiger partial charge in [-0.25, -0.2) is 0 Å². The first-order valence-corrected chi connectivity index (χ1v) is 4.90. The maximum absolute atomic E-state index is 11.5. The molecule has 1 aromatic rings. The second kappa shape index (κ2) is 4.94. The summed E-state index contributed by atoms with van der Waals surface area (Å²) in [6, 6.07) is 6.94. The lowest BCUT2D eigenvalue weighted by Crippen LogP contribution is -2.27. The largest absolute Gasteiger partial charge is 0.315 e. The molecule has 0 N–H and O–H groups in total. The highest BCUT2D eigenvalue weighted by Crippen LogP contribution is 2.18. The van der Waals surface area contributed by atoms with Crippen LogP contribution in [0.3, 0.4) is 0 Å². The van der Waals surface area contributed by atoms with Crippen molar-refractivity contribution in [3.05, 3.63) is 29.3 Å². The van der Waals surface area contributed by atoms with E-state index in [1.165, 1.54) is 11.8 Å². The minimum atomic E-state index is -0.232. The van der Waals surface area contributed by atoms with Crippen LogP contribution >= 0.6 is 11.6 Å². The summed E-state index contributed by atoms with van der Waals surface area (Å²) in [6.45, 7) is 1.39. The van der Waals surface area contributed by atoms with Crippen molar-refractivity contribution in [1.82, 2.24) is 0 Å². The minimum Gasteiger partial charge on any atom is -0.315 e. The van der Waals surface area contributed by atoms with Crippen molar-refractivity contribution in [2.45, 2.75) is 13.3 Å². The van der Waals surface area contributed by atoms with Crippen LogP contribution in [0.15, 0.2) is 24.3 Å². The molecule has 80 valence electrons. The zero-order valence-electron chi connectivity index (χ0n) is 8.66. The number of ketones is 1. The van der Waals surface area contributed by atoms with Gasteiger partial charge in [0.2, 0.25) is 5.91 Å². The smallest absolute Gasteiger partial charge is 0.234 e. The monoisotopic (exact) mass is 225 g/mol. The van der Waals surface area contributed by atoms with E-state index in [9.17, 15) is 9.59 Å². The van der Waals surface area contributed by atoms with Crippen LogP contribution < -0.4 is 4.90 Å². The number of rotatable bonds is 3. The van der Waals surface area contributed by atoms with Gasteiger partial charge in [-0.2, -0.15) is 0 Å². The highest BCUT2D eigenvalue weighted by atomic mass is 35.5. The zero-order chi connectivity index (χ0) is 11.4. The van der Waals surface area contributed by atoms with Gasteiger partial charge < -0.3 is 4.90 Å². The molecule has 0 heterocycles. The number of hydrogen-bond donors (Lipinski definition) is 0. The molecule has 0 radical (unpaired) electrons. The fourth-order valence-electron chi connectivity index (χ4n) is 1.16. The average molecular weight is 226 g/mol. The number of hydrogen-bond acceptors (Lipinski definition) is 2. The second-order valence-electron chi connectivity index (χ2n) is 3.31. The number of halogens is 1. The molecule has 0 saturated carbocycles. The van der Waals surface area contributed by atoms with E-state index in [2.05, 4.69) is 0 Å². The summed E-state index contributed by atoms with van der Waals surface area (Å²) in [5.74, 6) is -0.376. The molecule has 4 heteroatoms. The average Bonchev–Trinajstić information content (AvgIpc) is 2.15. The number of carbonyl (C=O) groups is 2. The quantitative estimate of drug-likeness (QED) is 0.741. The number of Topliss-reactive ketones (excluding diaryl/α,β-unsaturated/α-hetero) is 1. The lowest BCUT2D eigenvalue weighted by atomic mass is 10.2. The van der Waals surface area contributed by atoms with Crippen LogP contribution in [0.5, 0.6) is 0 Å². The van der Waals surface area contributed by atoms with Crippen LogP contribution in [-0.2, 0) is 9.59 Å². The van der Waals surface area contributed by atoms with Gasteiger partial charge in [0.25, 0.3) is 0 Å². The van der Waals surface area contributed by atoms with E-state index in [4.69, 9.17) is 11.6 Å². The first kappa shape index (κ1) is 11.7. The SMILES string of the molecule is CC(=O)CC(=O)N(C)c1cccc(Cl)c1. The third kappa shape index (κ3) is 3.36. The summed E-state index contributed by atoms with van der Waals surface area (Å²) in [5.41, 5.74) is 0.689. The van der Waals surface area contributed by atoms with E-state index in [0.29, 0.717) is 10.7 Å². The van der Waals surface area contributed by atoms with Gasteiger partial charge in [0.15, 0.2) is 0 Å². The lowest BCUT2D eigenvalue weighted by Gasteiger charge is -2.16. The van der Waals surface area contributed by atoms with Crippen molar-refractivity contribution < 1.29 is 9.59 Å². The van der Waals surface area contributed by atoms with Gasteiger partial charge in [-0.3, -0.25) is 9.59 Å². The van der Waals surface area contributed by atoms with Gasteiger partial charge in [0.05, 0.1) is 6.42 Å². The Labute approximate surface area is 93.6 Å². The van der Waals surface area contributed by atoms with Gasteiger partial charge in [0, 0.05) is 17.8 Å². The van der Waals surface area contributed by atoms with Crippen LogP contribution in [-0.4, -0.2) is 18.7 Å². The summed E-state index contributed by atoms with van der Waals surface area (Å²) in [7, 11) is 1.62. The zero-order valence-corrected chi connectivity index (χ0v) is 9.41. The molecule has 0 aromatic heterocycles. The number of amides is 1. The van der Waals surface area contributed by atoms with E-state index in [0.717, 1.165) is 0 Å². The van der Waals surface area contributed by atoms with E-state index in [1.807, 2.05) is 0 Å². The first-order valence-electron chi connectivity index (χ1n) is 4.52. The summed E-state index contributed by atoms with van der Waals surface area (Å²) >= 11 is 5.79. The normalized spacial score (nSPS) is 9.80. The summed E-state index contributed by atoms with van der Waals surface area (Å²) in [5, 5.41) is 0.565. The van der Waals surface area contributed by atoms with Crippen LogP contribution in [0.4, 0.5) is 5.69 Å². The molecule has 15 heavy (non-hydrogen) atoms. The highest BCUT2D eigenvalue weighted by Gasteiger charge is 2.12. The van der Waals surface area contributed by atoms with Crippen LogP contribution in [0.25, 0.3) is 0 Å². The third-order valence-corrected chi connectivity index (χ3v) is 2.20. The van der Waals surface area contributed by atoms with Gasteiger partial charge in [-0.1, -0.05) is 17.7 Å². The van der Waals surface area contributed by atoms with Crippen molar-refractivity contribution >= 4 is 29.0 Å². The Hall–Kier alpha value is -1.35. The summed E-state index contributed by atoms with van der Waals surface area (Å²) in [6.07, 6.45) is -0.0803. The van der Waals surface area contributed by atoms with Gasteiger partial charge in [0.1, 0.15) is 5.78 Å². The van der Waals surface area contributed by atoms with Crippen molar-refractivity contribution in [2.24, 2.45) is 0 Å². The number of carbonyl (C=O) groups excluding carboxylic acids is 2. The molecule has 0 aliphatic heterocycles. The maximum Gasteiger partial charge on any atom is 0.234 e. The molecule has 0 saturated heterocycles. The predicted molar refractivity (Wildman–Crippen MR) is 60.2 cm³/mol. The van der Waals surface area contributed by atoms with Crippen LogP contribution in [0.2, 0.25) is 5.02 Å². The molecule has 1 amide bonds. The van der Waals surface area contributed by atoms with Crippen LogP contribution in [0.1, 0.15) is 13.3 Å². The molecule has 3 nitrogen and oxygen atoms in total. The van der Waals surface area contributed by atoms with E-state index < -0.39 is 0 Å². The van der Waals surface area contributed by atoms with Crippen LogP contribution in [0, 0.1) is 0 Å². The molecule has 0 fully saturated rings. The van der Waals surface area contributed by atoms with E-state index in [1.54, 1.807) is 31.3 Å². The Morgan fingerprint density at radius 2 is 2.07 bits per heavy atom. The second-order valence-corrected chi connectivity index (χ2v) is 3.75. The van der Waals surface area contributed by atoms with Crippen molar-refractivity contribution in [1.29, 1.82) is 0 Å². The van der Waals surface area contributed by atoms with Crippen molar-refractivity contribution in [3.8, 4) is 0 Å². The Balaban J connectivity index is 2.80. The van der Waals surface area contributed by atoms with Gasteiger partial charge >= 0.3 is 0 Å².